The Bertz CT molecular complexity index is 825. The predicted molar refractivity (Wildman–Crippen MR) is 109 cm³/mol. The largest absolute Gasteiger partial charge is 0.327 e. The molecule has 136 valence electrons. The normalized spacial score (nSPS) is 16.5. The van der Waals surface area contributed by atoms with Crippen LogP contribution in [0.2, 0.25) is 0 Å². The molecule has 0 radical (unpaired) electrons. The first-order chi connectivity index (χ1) is 13.3. The monoisotopic (exact) mass is 356 g/mol. The number of nitrogens with zero attached hydrogens (tertiary/aromatic N) is 1. The molecule has 4 rings (SSSR count). The second-order valence-corrected chi connectivity index (χ2v) is 7.05. The molecule has 1 unspecified atom stereocenters. The highest BCUT2D eigenvalue weighted by Crippen LogP contribution is 2.28. The van der Waals surface area contributed by atoms with E-state index in [1.54, 1.807) is 0 Å². The van der Waals surface area contributed by atoms with E-state index in [1.807, 2.05) is 47.4 Å². The van der Waals surface area contributed by atoms with Gasteiger partial charge in [-0.05, 0) is 23.1 Å². The first-order valence-electron chi connectivity index (χ1n) is 9.51. The van der Waals surface area contributed by atoms with Crippen LogP contribution in [0, 0.1) is 0 Å². The van der Waals surface area contributed by atoms with Gasteiger partial charge in [-0.3, -0.25) is 0 Å². The number of likely N-dealkylation sites (tertiary alicyclic amines) is 1. The van der Waals surface area contributed by atoms with E-state index in [4.69, 9.17) is 0 Å². The molecule has 0 aliphatic carbocycles. The lowest BCUT2D eigenvalue weighted by atomic mass is 9.98. The number of benzene rings is 3. The lowest BCUT2D eigenvalue weighted by molar-refractivity contribution is 0.205. The fourth-order valence-electron chi connectivity index (χ4n) is 3.81. The molecule has 3 aromatic carbocycles. The van der Waals surface area contributed by atoms with Crippen molar-refractivity contribution in [1.29, 1.82) is 0 Å². The van der Waals surface area contributed by atoms with Crippen molar-refractivity contribution in [3.8, 4) is 0 Å². The van der Waals surface area contributed by atoms with Crippen LogP contribution in [-0.4, -0.2) is 24.0 Å². The highest BCUT2D eigenvalue weighted by atomic mass is 16.2. The Balaban J connectivity index is 1.49. The van der Waals surface area contributed by atoms with Crippen molar-refractivity contribution >= 4 is 6.03 Å². The van der Waals surface area contributed by atoms with Gasteiger partial charge in [0.1, 0.15) is 0 Å². The first kappa shape index (κ1) is 17.3. The third kappa shape index (κ3) is 4.03. The Morgan fingerprint density at radius 3 is 1.89 bits per heavy atom. The summed E-state index contributed by atoms with van der Waals surface area (Å²) in [5.74, 6) is 0.420. The van der Waals surface area contributed by atoms with Crippen molar-refractivity contribution in [2.75, 3.05) is 13.1 Å². The van der Waals surface area contributed by atoms with Crippen molar-refractivity contribution in [1.82, 2.24) is 10.2 Å². The molecular formula is C24H24N2O. The summed E-state index contributed by atoms with van der Waals surface area (Å²) in [5, 5.41) is 3.25. The van der Waals surface area contributed by atoms with Gasteiger partial charge in [0.15, 0.2) is 0 Å². The molecule has 1 aliphatic rings. The van der Waals surface area contributed by atoms with Gasteiger partial charge in [-0.15, -0.1) is 0 Å². The van der Waals surface area contributed by atoms with Crippen LogP contribution in [0.5, 0.6) is 0 Å². The summed E-state index contributed by atoms with van der Waals surface area (Å²) in [6, 6.07) is 30.6. The van der Waals surface area contributed by atoms with Crippen LogP contribution in [0.1, 0.15) is 35.1 Å². The molecule has 3 aromatic rings. The Morgan fingerprint density at radius 2 is 1.33 bits per heavy atom. The summed E-state index contributed by atoms with van der Waals surface area (Å²) in [6.07, 6.45) is 1.01. The van der Waals surface area contributed by atoms with Gasteiger partial charge >= 0.3 is 6.03 Å². The highest BCUT2D eigenvalue weighted by molar-refractivity contribution is 5.75. The maximum atomic E-state index is 13.0. The lowest BCUT2D eigenvalue weighted by Crippen LogP contribution is -2.40. The molecule has 3 nitrogen and oxygen atoms in total. The summed E-state index contributed by atoms with van der Waals surface area (Å²) in [4.78, 5) is 14.9. The summed E-state index contributed by atoms with van der Waals surface area (Å²) in [6.45, 7) is 1.56. The Morgan fingerprint density at radius 1 is 0.815 bits per heavy atom. The van der Waals surface area contributed by atoms with Crippen LogP contribution in [0.15, 0.2) is 91.0 Å². The molecule has 1 heterocycles. The van der Waals surface area contributed by atoms with Crippen molar-refractivity contribution < 1.29 is 4.79 Å². The van der Waals surface area contributed by atoms with Crippen LogP contribution < -0.4 is 5.32 Å². The maximum Gasteiger partial charge on any atom is 0.318 e. The van der Waals surface area contributed by atoms with Crippen LogP contribution >= 0.6 is 0 Å². The van der Waals surface area contributed by atoms with Gasteiger partial charge in [-0.2, -0.15) is 0 Å². The second-order valence-electron chi connectivity index (χ2n) is 7.05. The number of carbonyl (C=O) groups is 1. The number of carbonyl (C=O) groups excluding carboxylic acids is 1. The van der Waals surface area contributed by atoms with Crippen LogP contribution in [0.4, 0.5) is 4.79 Å². The quantitative estimate of drug-likeness (QED) is 0.703. The number of hydrogen-bond acceptors (Lipinski definition) is 1. The average molecular weight is 356 g/mol. The van der Waals surface area contributed by atoms with E-state index >= 15 is 0 Å². The molecule has 1 fully saturated rings. The third-order valence-corrected chi connectivity index (χ3v) is 5.28. The number of hydrogen-bond donors (Lipinski definition) is 1. The molecule has 0 saturated carbocycles. The molecule has 0 bridgehead atoms. The zero-order valence-corrected chi connectivity index (χ0v) is 15.3. The zero-order chi connectivity index (χ0) is 18.5. The highest BCUT2D eigenvalue weighted by Gasteiger charge is 2.28. The minimum atomic E-state index is -0.143. The molecule has 1 saturated heterocycles. The predicted octanol–water partition coefficient (Wildman–Crippen LogP) is 4.98. The fraction of sp³-hybridized carbons (Fsp3) is 0.208. The molecule has 2 amide bonds. The molecule has 27 heavy (non-hydrogen) atoms. The first-order valence-corrected chi connectivity index (χ1v) is 9.51. The van der Waals surface area contributed by atoms with E-state index in [0.29, 0.717) is 5.92 Å². The number of nitrogens with one attached hydrogen (secondary N) is 1. The standard InChI is InChI=1S/C24H24N2O/c27-24(26-17-16-22(18-26)19-10-4-1-5-11-19)25-23(20-12-6-2-7-13-20)21-14-8-3-9-15-21/h1-15,22-23H,16-18H2,(H,25,27). The van der Waals surface area contributed by atoms with Gasteiger partial charge in [-0.25, -0.2) is 4.79 Å². The fourth-order valence-corrected chi connectivity index (χ4v) is 3.81. The van der Waals surface area contributed by atoms with E-state index in [1.165, 1.54) is 5.56 Å². The van der Waals surface area contributed by atoms with Gasteiger partial charge in [-0.1, -0.05) is 91.0 Å². The summed E-state index contributed by atoms with van der Waals surface area (Å²) >= 11 is 0. The van der Waals surface area contributed by atoms with E-state index in [0.717, 1.165) is 30.6 Å². The van der Waals surface area contributed by atoms with E-state index in [-0.39, 0.29) is 12.1 Å². The number of amides is 2. The average Bonchev–Trinajstić information content (AvgIpc) is 3.24. The molecular weight excluding hydrogens is 332 g/mol. The van der Waals surface area contributed by atoms with Crippen LogP contribution in [0.3, 0.4) is 0 Å². The molecule has 1 aliphatic heterocycles. The molecule has 3 heteroatoms. The van der Waals surface area contributed by atoms with Crippen molar-refractivity contribution in [3.63, 3.8) is 0 Å². The molecule has 0 spiro atoms. The van der Waals surface area contributed by atoms with Crippen molar-refractivity contribution in [2.24, 2.45) is 0 Å². The molecule has 0 aromatic heterocycles. The van der Waals surface area contributed by atoms with E-state index < -0.39 is 0 Å². The van der Waals surface area contributed by atoms with Gasteiger partial charge < -0.3 is 10.2 Å². The Labute approximate surface area is 160 Å². The van der Waals surface area contributed by atoms with Crippen LogP contribution in [-0.2, 0) is 0 Å². The van der Waals surface area contributed by atoms with E-state index in [9.17, 15) is 4.79 Å². The Kier molecular flexibility index (Phi) is 5.20. The van der Waals surface area contributed by atoms with Crippen molar-refractivity contribution in [2.45, 2.75) is 18.4 Å². The minimum Gasteiger partial charge on any atom is -0.327 e. The SMILES string of the molecule is O=C(NC(c1ccccc1)c1ccccc1)N1CCC(c2ccccc2)C1. The van der Waals surface area contributed by atoms with E-state index in [2.05, 4.69) is 53.8 Å². The third-order valence-electron chi connectivity index (χ3n) is 5.28. The van der Waals surface area contributed by atoms with Gasteiger partial charge in [0, 0.05) is 19.0 Å². The summed E-state index contributed by atoms with van der Waals surface area (Å²) in [5.41, 5.74) is 3.50. The number of rotatable bonds is 4. The van der Waals surface area contributed by atoms with Gasteiger partial charge in [0.25, 0.3) is 0 Å². The topological polar surface area (TPSA) is 32.3 Å². The smallest absolute Gasteiger partial charge is 0.318 e. The van der Waals surface area contributed by atoms with Gasteiger partial charge in [0.05, 0.1) is 6.04 Å². The minimum absolute atomic E-state index is 0.00568. The molecule has 1 N–H and O–H groups in total. The summed E-state index contributed by atoms with van der Waals surface area (Å²) in [7, 11) is 0. The maximum absolute atomic E-state index is 13.0. The van der Waals surface area contributed by atoms with Gasteiger partial charge in [0.2, 0.25) is 0 Å². The molecule has 1 atom stereocenters. The Hall–Kier alpha value is -3.07. The summed E-state index contributed by atoms with van der Waals surface area (Å²) < 4.78 is 0. The lowest BCUT2D eigenvalue weighted by Gasteiger charge is -2.24. The second kappa shape index (κ2) is 8.09. The van der Waals surface area contributed by atoms with Crippen LogP contribution in [0.25, 0.3) is 0 Å². The van der Waals surface area contributed by atoms with Crippen molar-refractivity contribution in [3.05, 3.63) is 108 Å². The zero-order valence-electron chi connectivity index (χ0n) is 15.3. The number of urea groups is 1.